The molecule has 0 amide bonds. The number of nitriles is 1. The van der Waals surface area contributed by atoms with Crippen LogP contribution in [0.25, 0.3) is 0 Å². The van der Waals surface area contributed by atoms with Gasteiger partial charge in [-0.2, -0.15) is 5.26 Å². The average molecular weight is 336 g/mol. The first-order valence-electron chi connectivity index (χ1n) is 7.73. The van der Waals surface area contributed by atoms with Crippen molar-refractivity contribution in [1.29, 1.82) is 5.26 Å². The lowest BCUT2D eigenvalue weighted by atomic mass is 9.84. The van der Waals surface area contributed by atoms with Crippen LogP contribution in [-0.4, -0.2) is 30.2 Å². The number of rotatable bonds is 5. The van der Waals surface area contributed by atoms with Crippen molar-refractivity contribution in [3.05, 3.63) is 23.5 Å². The van der Waals surface area contributed by atoms with E-state index in [0.717, 1.165) is 12.0 Å². The molecule has 0 bridgehead atoms. The molecule has 2 N–H and O–H groups in total. The van der Waals surface area contributed by atoms with E-state index in [0.29, 0.717) is 24.2 Å². The van der Waals surface area contributed by atoms with Gasteiger partial charge < -0.3 is 5.32 Å². The maximum Gasteiger partial charge on any atom is 0.219 e. The molecular formula is C16H24N4O2S. The normalized spacial score (nSPS) is 17.2. The van der Waals surface area contributed by atoms with Crippen LogP contribution in [0.2, 0.25) is 0 Å². The van der Waals surface area contributed by atoms with Crippen LogP contribution in [-0.2, 0) is 10.0 Å². The molecule has 0 aromatic carbocycles. The molecular weight excluding hydrogens is 312 g/mol. The second-order valence-corrected chi connectivity index (χ2v) is 9.29. The molecule has 1 saturated carbocycles. The quantitative estimate of drug-likeness (QED) is 0.860. The fourth-order valence-electron chi connectivity index (χ4n) is 2.74. The van der Waals surface area contributed by atoms with Gasteiger partial charge >= 0.3 is 0 Å². The van der Waals surface area contributed by atoms with Crippen LogP contribution in [0, 0.1) is 18.3 Å². The third kappa shape index (κ3) is 3.65. The summed E-state index contributed by atoms with van der Waals surface area (Å²) < 4.78 is 27.5. The monoisotopic (exact) mass is 336 g/mol. The van der Waals surface area contributed by atoms with Crippen LogP contribution in [0.4, 0.5) is 5.69 Å². The van der Waals surface area contributed by atoms with E-state index < -0.39 is 20.3 Å². The Morgan fingerprint density at radius 1 is 1.39 bits per heavy atom. The van der Waals surface area contributed by atoms with Gasteiger partial charge in [0.25, 0.3) is 0 Å². The van der Waals surface area contributed by atoms with E-state index in [9.17, 15) is 13.7 Å². The number of sulfonamides is 1. The first kappa shape index (κ1) is 17.7. The van der Waals surface area contributed by atoms with Crippen LogP contribution >= 0.6 is 0 Å². The van der Waals surface area contributed by atoms with Crippen molar-refractivity contribution in [1.82, 2.24) is 9.71 Å². The van der Waals surface area contributed by atoms with Gasteiger partial charge in [0.2, 0.25) is 10.0 Å². The van der Waals surface area contributed by atoms with Crippen LogP contribution < -0.4 is 10.0 Å². The highest BCUT2D eigenvalue weighted by molar-refractivity contribution is 7.91. The number of hydrogen-bond donors (Lipinski definition) is 2. The SMILES string of the molecule is Cc1ccnc(C#N)c1NCC1(S(=O)(=O)NC(C)(C)C)CCC1. The molecule has 6 nitrogen and oxygen atoms in total. The van der Waals surface area contributed by atoms with Crippen molar-refractivity contribution in [2.45, 2.75) is 57.2 Å². The lowest BCUT2D eigenvalue weighted by Crippen LogP contribution is -2.58. The smallest absolute Gasteiger partial charge is 0.219 e. The summed E-state index contributed by atoms with van der Waals surface area (Å²) in [6, 6.07) is 3.85. The molecule has 1 heterocycles. The molecule has 0 aliphatic heterocycles. The Balaban J connectivity index is 2.23. The minimum Gasteiger partial charge on any atom is -0.381 e. The summed E-state index contributed by atoms with van der Waals surface area (Å²) in [4.78, 5) is 4.04. The summed E-state index contributed by atoms with van der Waals surface area (Å²) in [5, 5.41) is 12.3. The number of hydrogen-bond acceptors (Lipinski definition) is 5. The topological polar surface area (TPSA) is 94.9 Å². The number of pyridine rings is 1. The van der Waals surface area contributed by atoms with Crippen molar-refractivity contribution in [3.8, 4) is 6.07 Å². The minimum absolute atomic E-state index is 0.277. The Kier molecular flexibility index (Phi) is 4.69. The average Bonchev–Trinajstić information content (AvgIpc) is 2.35. The number of aromatic nitrogens is 1. The molecule has 1 aliphatic rings. The summed E-state index contributed by atoms with van der Waals surface area (Å²) in [6.45, 7) is 7.66. The predicted molar refractivity (Wildman–Crippen MR) is 90.6 cm³/mol. The second kappa shape index (κ2) is 6.10. The first-order valence-corrected chi connectivity index (χ1v) is 9.22. The Morgan fingerprint density at radius 2 is 2.04 bits per heavy atom. The predicted octanol–water partition coefficient (Wildman–Crippen LogP) is 2.31. The maximum absolute atomic E-state index is 12.8. The van der Waals surface area contributed by atoms with Crippen molar-refractivity contribution < 1.29 is 8.42 Å². The van der Waals surface area contributed by atoms with Crippen molar-refractivity contribution in [3.63, 3.8) is 0 Å². The summed E-state index contributed by atoms with van der Waals surface area (Å²) in [7, 11) is -3.46. The molecule has 0 unspecified atom stereocenters. The zero-order valence-electron chi connectivity index (χ0n) is 14.1. The molecule has 23 heavy (non-hydrogen) atoms. The van der Waals surface area contributed by atoms with E-state index in [4.69, 9.17) is 0 Å². The number of anilines is 1. The van der Waals surface area contributed by atoms with Crippen LogP contribution in [0.15, 0.2) is 12.3 Å². The molecule has 1 aromatic heterocycles. The summed E-state index contributed by atoms with van der Waals surface area (Å²) >= 11 is 0. The second-order valence-electron chi connectivity index (χ2n) is 7.21. The summed E-state index contributed by atoms with van der Waals surface area (Å²) in [5.74, 6) is 0. The third-order valence-electron chi connectivity index (χ3n) is 4.13. The zero-order chi connectivity index (χ0) is 17.3. The van der Waals surface area contributed by atoms with Gasteiger partial charge in [-0.05, 0) is 52.2 Å². The maximum atomic E-state index is 12.8. The van der Waals surface area contributed by atoms with E-state index >= 15 is 0 Å². The van der Waals surface area contributed by atoms with Crippen LogP contribution in [0.1, 0.15) is 51.3 Å². The van der Waals surface area contributed by atoms with E-state index in [1.165, 1.54) is 0 Å². The van der Waals surface area contributed by atoms with E-state index in [1.54, 1.807) is 12.3 Å². The highest BCUT2D eigenvalue weighted by atomic mass is 32.2. The Bertz CT molecular complexity index is 725. The van der Waals surface area contributed by atoms with Crippen LogP contribution in [0.3, 0.4) is 0 Å². The van der Waals surface area contributed by atoms with Gasteiger partial charge in [-0.1, -0.05) is 6.42 Å². The molecule has 0 spiro atoms. The Morgan fingerprint density at radius 3 is 2.52 bits per heavy atom. The summed E-state index contributed by atoms with van der Waals surface area (Å²) in [5.41, 5.74) is 1.28. The molecule has 1 aromatic rings. The molecule has 0 saturated heterocycles. The fraction of sp³-hybridized carbons (Fsp3) is 0.625. The number of nitrogens with one attached hydrogen (secondary N) is 2. The van der Waals surface area contributed by atoms with E-state index in [2.05, 4.69) is 15.0 Å². The molecule has 126 valence electrons. The molecule has 2 rings (SSSR count). The van der Waals surface area contributed by atoms with Gasteiger partial charge in [0.1, 0.15) is 10.8 Å². The highest BCUT2D eigenvalue weighted by Gasteiger charge is 2.49. The Hall–Kier alpha value is -1.65. The van der Waals surface area contributed by atoms with E-state index in [-0.39, 0.29) is 6.54 Å². The molecule has 1 fully saturated rings. The molecule has 7 heteroatoms. The van der Waals surface area contributed by atoms with Crippen molar-refractivity contribution in [2.75, 3.05) is 11.9 Å². The minimum atomic E-state index is -3.46. The standard InChI is InChI=1S/C16H24N4O2S/c1-12-6-9-18-13(10-17)14(12)19-11-16(7-5-8-16)23(21,22)20-15(2,3)4/h6,9,19-20H,5,7-8,11H2,1-4H3. The van der Waals surface area contributed by atoms with Crippen molar-refractivity contribution >= 4 is 15.7 Å². The van der Waals surface area contributed by atoms with Gasteiger partial charge in [-0.3, -0.25) is 0 Å². The molecule has 0 atom stereocenters. The van der Waals surface area contributed by atoms with Gasteiger partial charge in [0, 0.05) is 18.3 Å². The number of aryl methyl sites for hydroxylation is 1. The summed E-state index contributed by atoms with van der Waals surface area (Å²) in [6.07, 6.45) is 3.71. The molecule has 0 radical (unpaired) electrons. The van der Waals surface area contributed by atoms with Gasteiger partial charge in [0.15, 0.2) is 5.69 Å². The lowest BCUT2D eigenvalue weighted by Gasteiger charge is -2.43. The first-order chi connectivity index (χ1) is 10.6. The largest absolute Gasteiger partial charge is 0.381 e. The number of nitrogens with zero attached hydrogens (tertiary/aromatic N) is 2. The van der Waals surface area contributed by atoms with Crippen molar-refractivity contribution in [2.24, 2.45) is 0 Å². The fourth-order valence-corrected chi connectivity index (χ4v) is 4.85. The third-order valence-corrected chi connectivity index (χ3v) is 6.70. The van der Waals surface area contributed by atoms with Crippen LogP contribution in [0.5, 0.6) is 0 Å². The van der Waals surface area contributed by atoms with E-state index in [1.807, 2.05) is 33.8 Å². The van der Waals surface area contributed by atoms with Gasteiger partial charge in [-0.15, -0.1) is 0 Å². The lowest BCUT2D eigenvalue weighted by molar-refractivity contribution is 0.339. The Labute approximate surface area is 138 Å². The van der Waals surface area contributed by atoms with Gasteiger partial charge in [-0.25, -0.2) is 18.1 Å². The zero-order valence-corrected chi connectivity index (χ0v) is 14.9. The highest BCUT2D eigenvalue weighted by Crippen LogP contribution is 2.40. The van der Waals surface area contributed by atoms with Gasteiger partial charge in [0.05, 0.1) is 5.69 Å². The molecule has 1 aliphatic carbocycles.